The molecule has 3 rings (SSSR count). The van der Waals surface area contributed by atoms with Gasteiger partial charge in [-0.1, -0.05) is 124 Å². The van der Waals surface area contributed by atoms with E-state index < -0.39 is 0 Å². The number of pyridine rings is 1. The number of hydrogen-bond donors (Lipinski definition) is 0. The molecule has 0 N–H and O–H groups in total. The number of fused-ring (bicyclic) bond motifs is 1. The highest BCUT2D eigenvalue weighted by atomic mass is 15.1. The smallest absolute Gasteiger partial charge is 0.0701 e. The number of aromatic nitrogens is 1. The first-order valence-electron chi connectivity index (χ1n) is 12.5. The van der Waals surface area contributed by atoms with Crippen molar-refractivity contribution in [1.29, 1.82) is 0 Å². The highest BCUT2D eigenvalue weighted by Crippen LogP contribution is 2.29. The first kappa shape index (κ1) is 32.6. The highest BCUT2D eigenvalue weighted by Gasteiger charge is 2.22. The van der Waals surface area contributed by atoms with Gasteiger partial charge in [0.25, 0.3) is 0 Å². The maximum absolute atomic E-state index is 4.18. The third-order valence-electron chi connectivity index (χ3n) is 4.34. The fraction of sp³-hybridized carbons (Fsp3) is 0.452. The minimum atomic E-state index is 0.335. The van der Waals surface area contributed by atoms with Crippen LogP contribution in [0.4, 0.5) is 0 Å². The largest absolute Gasteiger partial charge is 0.373 e. The van der Waals surface area contributed by atoms with E-state index in [9.17, 15) is 0 Å². The first-order valence-corrected chi connectivity index (χ1v) is 12.5. The fourth-order valence-electron chi connectivity index (χ4n) is 3.01. The van der Waals surface area contributed by atoms with Crippen LogP contribution in [0.25, 0.3) is 10.9 Å². The van der Waals surface area contributed by atoms with E-state index in [4.69, 9.17) is 0 Å². The third kappa shape index (κ3) is 13.5. The van der Waals surface area contributed by atoms with Gasteiger partial charge >= 0.3 is 0 Å². The molecule has 1 unspecified atom stereocenters. The van der Waals surface area contributed by atoms with E-state index in [0.29, 0.717) is 11.5 Å². The van der Waals surface area contributed by atoms with Crippen LogP contribution in [0.15, 0.2) is 91.3 Å². The summed E-state index contributed by atoms with van der Waals surface area (Å²) in [7, 11) is 2.12. The van der Waals surface area contributed by atoms with Crippen molar-refractivity contribution in [1.82, 2.24) is 9.88 Å². The molecule has 0 saturated carbocycles. The molecule has 0 spiro atoms. The van der Waals surface area contributed by atoms with Gasteiger partial charge in [-0.2, -0.15) is 0 Å². The number of nitrogens with zero attached hydrogens (tertiary/aromatic N) is 2. The van der Waals surface area contributed by atoms with Crippen LogP contribution in [0.5, 0.6) is 0 Å². The van der Waals surface area contributed by atoms with E-state index in [0.717, 1.165) is 17.5 Å². The van der Waals surface area contributed by atoms with Crippen molar-refractivity contribution >= 4 is 10.9 Å². The summed E-state index contributed by atoms with van der Waals surface area (Å²) in [6.45, 7) is 26.8. The summed E-state index contributed by atoms with van der Waals surface area (Å²) in [5, 5.41) is 1.20. The lowest BCUT2D eigenvalue weighted by molar-refractivity contribution is 0.261. The second-order valence-corrected chi connectivity index (χ2v) is 8.52. The summed E-state index contributed by atoms with van der Waals surface area (Å²) in [6, 6.07) is 12.5. The minimum Gasteiger partial charge on any atom is -0.373 e. The second-order valence-electron chi connectivity index (χ2n) is 8.52. The Kier molecular flexibility index (Phi) is 18.7. The Morgan fingerprint density at radius 2 is 1.42 bits per heavy atom. The van der Waals surface area contributed by atoms with Gasteiger partial charge in [0, 0.05) is 30.9 Å². The number of likely N-dealkylation sites (N-methyl/N-ethyl adjacent to an activating group) is 1. The van der Waals surface area contributed by atoms with Crippen LogP contribution >= 0.6 is 0 Å². The molecule has 1 aromatic carbocycles. The summed E-state index contributed by atoms with van der Waals surface area (Å²) in [4.78, 5) is 6.44. The molecule has 1 atom stereocenters. The van der Waals surface area contributed by atoms with E-state index in [1.807, 2.05) is 70.3 Å². The Labute approximate surface area is 205 Å². The lowest BCUT2D eigenvalue weighted by Crippen LogP contribution is -2.32. The van der Waals surface area contributed by atoms with Crippen LogP contribution in [-0.4, -0.2) is 23.0 Å². The molecule has 184 valence electrons. The number of allylic oxidation sites excluding steroid dienone is 4. The van der Waals surface area contributed by atoms with Crippen LogP contribution < -0.4 is 0 Å². The summed E-state index contributed by atoms with van der Waals surface area (Å²) >= 11 is 0. The topological polar surface area (TPSA) is 16.1 Å². The lowest BCUT2D eigenvalue weighted by atomic mass is 9.85. The van der Waals surface area contributed by atoms with Crippen molar-refractivity contribution < 1.29 is 0 Å². The van der Waals surface area contributed by atoms with E-state index >= 15 is 0 Å². The Hall–Kier alpha value is -2.61. The zero-order valence-electron chi connectivity index (χ0n) is 23.2. The molecule has 0 amide bonds. The molecule has 0 radical (unpaired) electrons. The van der Waals surface area contributed by atoms with Gasteiger partial charge in [-0.25, -0.2) is 0 Å². The number of hydrogen-bond acceptors (Lipinski definition) is 2. The zero-order chi connectivity index (χ0) is 25.9. The Morgan fingerprint density at radius 3 is 1.91 bits per heavy atom. The molecule has 0 aliphatic carbocycles. The van der Waals surface area contributed by atoms with Gasteiger partial charge in [-0.3, -0.25) is 4.98 Å². The molecular weight excluding hydrogens is 400 g/mol. The fourth-order valence-corrected chi connectivity index (χ4v) is 3.01. The quantitative estimate of drug-likeness (QED) is 0.462. The van der Waals surface area contributed by atoms with Crippen LogP contribution in [0.1, 0.15) is 75.2 Å². The molecule has 2 heteroatoms. The van der Waals surface area contributed by atoms with Crippen LogP contribution in [0.3, 0.4) is 0 Å². The molecule has 1 aliphatic rings. The summed E-state index contributed by atoms with van der Waals surface area (Å²) in [5.41, 5.74) is 3.75. The van der Waals surface area contributed by atoms with Gasteiger partial charge in [-0.05, 0) is 35.1 Å². The second kappa shape index (κ2) is 18.9. The standard InChI is InChI=1S/C15H23N.C9H7N.C3H8.2C2H6/c1-7-12-9-14(10-15(3,4)5)16(6)11-13(12)8-2;1-2-6-9-8(4-1)5-3-7-10-9;1-3-2;2*1-2/h7-9,11,14H,1-2,10H2,3-6H3;1-7H;3H2,1-2H3;2*1-2H3. The molecule has 2 aromatic rings. The van der Waals surface area contributed by atoms with Crippen molar-refractivity contribution in [3.8, 4) is 0 Å². The predicted octanol–water partition coefficient (Wildman–Crippen LogP) is 9.62. The SMILES string of the molecule is C=CC1=CC(CC(C)(C)C)N(C)C=C1C=C.CC.CC.CCC.c1ccc2ncccc2c1. The Morgan fingerprint density at radius 1 is 0.909 bits per heavy atom. The average Bonchev–Trinajstić information content (AvgIpc) is 2.83. The van der Waals surface area contributed by atoms with Crippen LogP contribution in [0, 0.1) is 5.41 Å². The number of rotatable bonds is 3. The highest BCUT2D eigenvalue weighted by molar-refractivity contribution is 5.77. The molecule has 33 heavy (non-hydrogen) atoms. The van der Waals surface area contributed by atoms with E-state index in [1.54, 1.807) is 0 Å². The average molecular weight is 451 g/mol. The molecule has 2 nitrogen and oxygen atoms in total. The number of benzene rings is 1. The zero-order valence-corrected chi connectivity index (χ0v) is 23.2. The lowest BCUT2D eigenvalue weighted by Gasteiger charge is -2.34. The normalized spacial score (nSPS) is 14.2. The maximum Gasteiger partial charge on any atom is 0.0701 e. The minimum absolute atomic E-state index is 0.335. The third-order valence-corrected chi connectivity index (χ3v) is 4.34. The molecule has 0 saturated heterocycles. The molecule has 1 aromatic heterocycles. The molecule has 0 bridgehead atoms. The molecule has 1 aliphatic heterocycles. The van der Waals surface area contributed by atoms with Crippen LogP contribution in [0.2, 0.25) is 0 Å². The van der Waals surface area contributed by atoms with Gasteiger partial charge in [-0.15, -0.1) is 0 Å². The van der Waals surface area contributed by atoms with Crippen molar-refractivity contribution in [2.24, 2.45) is 5.41 Å². The maximum atomic E-state index is 4.18. The van der Waals surface area contributed by atoms with Crippen molar-refractivity contribution in [3.05, 3.63) is 91.3 Å². The van der Waals surface area contributed by atoms with Crippen molar-refractivity contribution in [2.75, 3.05) is 7.05 Å². The first-order chi connectivity index (χ1) is 15.8. The van der Waals surface area contributed by atoms with Gasteiger partial charge in [0.1, 0.15) is 0 Å². The Balaban J connectivity index is 0. The molecule has 2 heterocycles. The molecular formula is C31H50N2. The van der Waals surface area contributed by atoms with Gasteiger partial charge in [0.05, 0.1) is 5.52 Å². The van der Waals surface area contributed by atoms with E-state index in [-0.39, 0.29) is 0 Å². The predicted molar refractivity (Wildman–Crippen MR) is 153 cm³/mol. The molecule has 0 fully saturated rings. The van der Waals surface area contributed by atoms with Crippen LogP contribution in [-0.2, 0) is 0 Å². The van der Waals surface area contributed by atoms with Gasteiger partial charge < -0.3 is 4.90 Å². The monoisotopic (exact) mass is 450 g/mol. The number of para-hydroxylation sites is 1. The van der Waals surface area contributed by atoms with Gasteiger partial charge in [0.2, 0.25) is 0 Å². The van der Waals surface area contributed by atoms with E-state index in [1.165, 1.54) is 17.4 Å². The van der Waals surface area contributed by atoms with E-state index in [2.05, 4.69) is 89.1 Å². The van der Waals surface area contributed by atoms with Crippen molar-refractivity contribution in [3.63, 3.8) is 0 Å². The summed E-state index contributed by atoms with van der Waals surface area (Å²) in [5.74, 6) is 0. The summed E-state index contributed by atoms with van der Waals surface area (Å²) in [6.07, 6.45) is 12.4. The summed E-state index contributed by atoms with van der Waals surface area (Å²) < 4.78 is 0. The van der Waals surface area contributed by atoms with Crippen molar-refractivity contribution in [2.45, 2.75) is 81.2 Å². The van der Waals surface area contributed by atoms with Gasteiger partial charge in [0.15, 0.2) is 0 Å². The Bertz CT molecular complexity index is 772.